The van der Waals surface area contributed by atoms with Gasteiger partial charge in [0.1, 0.15) is 12.4 Å². The molecule has 2 fully saturated rings. The van der Waals surface area contributed by atoms with Gasteiger partial charge in [-0.1, -0.05) is 6.07 Å². The van der Waals surface area contributed by atoms with Crippen LogP contribution in [0.25, 0.3) is 0 Å². The number of nitrogens with zero attached hydrogens (tertiary/aromatic N) is 2. The van der Waals surface area contributed by atoms with E-state index in [-0.39, 0.29) is 18.0 Å². The SMILES string of the molecule is CN(C(=O)c1cccc(OCCN)c1)[C@@H]1CC[C@@H](N2CCCC2)[C@@H]1O. The second-order valence-corrected chi connectivity index (χ2v) is 7.03. The van der Waals surface area contributed by atoms with E-state index in [2.05, 4.69) is 4.90 Å². The number of aliphatic hydroxyl groups is 1. The molecule has 1 amide bonds. The first-order chi connectivity index (χ1) is 12.1. The second-order valence-electron chi connectivity index (χ2n) is 7.03. The van der Waals surface area contributed by atoms with Crippen molar-refractivity contribution in [3.8, 4) is 5.75 Å². The third-order valence-electron chi connectivity index (χ3n) is 5.44. The first-order valence-corrected chi connectivity index (χ1v) is 9.24. The molecule has 0 radical (unpaired) electrons. The van der Waals surface area contributed by atoms with Gasteiger partial charge in [-0.05, 0) is 57.0 Å². The minimum atomic E-state index is -0.483. The molecule has 1 saturated heterocycles. The Hall–Kier alpha value is -1.63. The Labute approximate surface area is 149 Å². The van der Waals surface area contributed by atoms with Crippen LogP contribution < -0.4 is 10.5 Å². The topological polar surface area (TPSA) is 79.0 Å². The van der Waals surface area contributed by atoms with Gasteiger partial charge >= 0.3 is 0 Å². The summed E-state index contributed by atoms with van der Waals surface area (Å²) < 4.78 is 5.51. The minimum absolute atomic E-state index is 0.0793. The maximum absolute atomic E-state index is 12.9. The summed E-state index contributed by atoms with van der Waals surface area (Å²) in [4.78, 5) is 16.9. The van der Waals surface area contributed by atoms with Crippen LogP contribution in [0.4, 0.5) is 0 Å². The molecule has 0 bridgehead atoms. The highest BCUT2D eigenvalue weighted by Crippen LogP contribution is 2.31. The van der Waals surface area contributed by atoms with Crippen LogP contribution in [0, 0.1) is 0 Å². The van der Waals surface area contributed by atoms with E-state index >= 15 is 0 Å². The molecule has 25 heavy (non-hydrogen) atoms. The highest BCUT2D eigenvalue weighted by molar-refractivity contribution is 5.94. The lowest BCUT2D eigenvalue weighted by molar-refractivity contribution is 0.0296. The lowest BCUT2D eigenvalue weighted by atomic mass is 10.1. The van der Waals surface area contributed by atoms with Crippen molar-refractivity contribution in [1.82, 2.24) is 9.80 Å². The molecular formula is C19H29N3O3. The van der Waals surface area contributed by atoms with Crippen LogP contribution in [0.2, 0.25) is 0 Å². The molecule has 6 heteroatoms. The number of hydrogen-bond donors (Lipinski definition) is 2. The van der Waals surface area contributed by atoms with Crippen molar-refractivity contribution in [3.63, 3.8) is 0 Å². The van der Waals surface area contributed by atoms with Gasteiger partial charge in [-0.3, -0.25) is 9.69 Å². The number of nitrogens with two attached hydrogens (primary N) is 1. The molecule has 3 rings (SSSR count). The van der Waals surface area contributed by atoms with E-state index in [0.29, 0.717) is 24.5 Å². The van der Waals surface area contributed by atoms with E-state index in [1.165, 1.54) is 12.8 Å². The number of likely N-dealkylation sites (tertiary alicyclic amines) is 1. The van der Waals surface area contributed by atoms with Gasteiger partial charge in [0.15, 0.2) is 0 Å². The number of benzene rings is 1. The van der Waals surface area contributed by atoms with Crippen molar-refractivity contribution < 1.29 is 14.6 Å². The fraction of sp³-hybridized carbons (Fsp3) is 0.632. The van der Waals surface area contributed by atoms with E-state index in [1.807, 2.05) is 12.1 Å². The van der Waals surface area contributed by atoms with E-state index in [4.69, 9.17) is 10.5 Å². The number of hydrogen-bond acceptors (Lipinski definition) is 5. The zero-order valence-electron chi connectivity index (χ0n) is 14.9. The van der Waals surface area contributed by atoms with E-state index < -0.39 is 6.10 Å². The molecule has 6 nitrogen and oxygen atoms in total. The number of carbonyl (C=O) groups excluding carboxylic acids is 1. The van der Waals surface area contributed by atoms with Gasteiger partial charge in [-0.2, -0.15) is 0 Å². The average Bonchev–Trinajstić information content (AvgIpc) is 3.28. The zero-order valence-corrected chi connectivity index (χ0v) is 14.9. The number of aliphatic hydroxyl groups excluding tert-OH is 1. The highest BCUT2D eigenvalue weighted by Gasteiger charge is 2.42. The first kappa shape index (κ1) is 18.2. The van der Waals surface area contributed by atoms with Crippen molar-refractivity contribution in [3.05, 3.63) is 29.8 Å². The molecule has 3 atom stereocenters. The fourth-order valence-corrected chi connectivity index (χ4v) is 4.08. The monoisotopic (exact) mass is 347 g/mol. The van der Waals surface area contributed by atoms with E-state index in [9.17, 15) is 9.90 Å². The Morgan fingerprint density at radius 1 is 1.36 bits per heavy atom. The molecule has 1 heterocycles. The van der Waals surface area contributed by atoms with Crippen LogP contribution in [-0.4, -0.2) is 72.3 Å². The summed E-state index contributed by atoms with van der Waals surface area (Å²) in [7, 11) is 1.79. The lowest BCUT2D eigenvalue weighted by Crippen LogP contribution is -2.48. The second kappa shape index (κ2) is 8.17. The summed E-state index contributed by atoms with van der Waals surface area (Å²) >= 11 is 0. The summed E-state index contributed by atoms with van der Waals surface area (Å²) in [5.74, 6) is 0.566. The molecule has 138 valence electrons. The number of carbonyl (C=O) groups is 1. The largest absolute Gasteiger partial charge is 0.492 e. The predicted octanol–water partition coefficient (Wildman–Crippen LogP) is 1.08. The minimum Gasteiger partial charge on any atom is -0.492 e. The Morgan fingerprint density at radius 3 is 2.84 bits per heavy atom. The van der Waals surface area contributed by atoms with Crippen LogP contribution >= 0.6 is 0 Å². The van der Waals surface area contributed by atoms with Crippen LogP contribution in [0.15, 0.2) is 24.3 Å². The molecule has 1 aliphatic carbocycles. The average molecular weight is 347 g/mol. The summed E-state index contributed by atoms with van der Waals surface area (Å²) in [5, 5.41) is 10.8. The number of ether oxygens (including phenoxy) is 1. The summed E-state index contributed by atoms with van der Waals surface area (Å²) in [5.41, 5.74) is 6.03. The number of amides is 1. The molecule has 2 aliphatic rings. The van der Waals surface area contributed by atoms with Crippen molar-refractivity contribution >= 4 is 5.91 Å². The maximum Gasteiger partial charge on any atom is 0.254 e. The van der Waals surface area contributed by atoms with Gasteiger partial charge in [-0.15, -0.1) is 0 Å². The van der Waals surface area contributed by atoms with Gasteiger partial charge in [0.2, 0.25) is 0 Å². The molecule has 1 aliphatic heterocycles. The third kappa shape index (κ3) is 3.97. The van der Waals surface area contributed by atoms with Crippen LogP contribution in [0.5, 0.6) is 5.75 Å². The normalized spacial score (nSPS) is 26.8. The molecule has 1 aromatic carbocycles. The molecule has 3 N–H and O–H groups in total. The Morgan fingerprint density at radius 2 is 2.12 bits per heavy atom. The highest BCUT2D eigenvalue weighted by atomic mass is 16.5. The maximum atomic E-state index is 12.9. The lowest BCUT2D eigenvalue weighted by Gasteiger charge is -2.32. The quantitative estimate of drug-likeness (QED) is 0.805. The van der Waals surface area contributed by atoms with Gasteiger partial charge in [0.25, 0.3) is 5.91 Å². The molecule has 0 unspecified atom stereocenters. The Kier molecular flexibility index (Phi) is 5.93. The van der Waals surface area contributed by atoms with Gasteiger partial charge in [-0.25, -0.2) is 0 Å². The fourth-order valence-electron chi connectivity index (χ4n) is 4.08. The van der Waals surface area contributed by atoms with E-state index in [1.54, 1.807) is 24.1 Å². The molecular weight excluding hydrogens is 318 g/mol. The summed E-state index contributed by atoms with van der Waals surface area (Å²) in [6.45, 7) is 2.98. The third-order valence-corrected chi connectivity index (χ3v) is 5.44. The summed E-state index contributed by atoms with van der Waals surface area (Å²) in [6, 6.07) is 7.21. The molecule has 0 aromatic heterocycles. The number of rotatable bonds is 6. The molecule has 1 saturated carbocycles. The molecule has 1 aromatic rings. The van der Waals surface area contributed by atoms with Gasteiger partial charge in [0, 0.05) is 25.2 Å². The van der Waals surface area contributed by atoms with Crippen molar-refractivity contribution in [2.24, 2.45) is 5.73 Å². The summed E-state index contributed by atoms with van der Waals surface area (Å²) in [6.07, 6.45) is 3.72. The van der Waals surface area contributed by atoms with Gasteiger partial charge in [0.05, 0.1) is 12.1 Å². The van der Waals surface area contributed by atoms with Crippen molar-refractivity contribution in [2.45, 2.75) is 43.9 Å². The van der Waals surface area contributed by atoms with Gasteiger partial charge < -0.3 is 20.5 Å². The first-order valence-electron chi connectivity index (χ1n) is 9.24. The van der Waals surface area contributed by atoms with Crippen molar-refractivity contribution in [1.29, 1.82) is 0 Å². The number of likely N-dealkylation sites (N-methyl/N-ethyl adjacent to an activating group) is 1. The Bertz CT molecular complexity index is 589. The van der Waals surface area contributed by atoms with E-state index in [0.717, 1.165) is 25.9 Å². The van der Waals surface area contributed by atoms with Crippen molar-refractivity contribution in [2.75, 3.05) is 33.3 Å². The van der Waals surface area contributed by atoms with Crippen LogP contribution in [0.1, 0.15) is 36.0 Å². The van der Waals surface area contributed by atoms with Crippen LogP contribution in [0.3, 0.4) is 0 Å². The smallest absolute Gasteiger partial charge is 0.254 e. The predicted molar refractivity (Wildman–Crippen MR) is 96.7 cm³/mol. The zero-order chi connectivity index (χ0) is 17.8. The van der Waals surface area contributed by atoms with Crippen LogP contribution in [-0.2, 0) is 0 Å². The standard InChI is InChI=1S/C19H29N3O3/c1-21(16-7-8-17(18(16)23)22-10-2-3-11-22)19(24)14-5-4-6-15(13-14)25-12-9-20/h4-6,13,16-18,23H,2-3,7-12,20H2,1H3/t16-,17-,18-/m1/s1. The molecule has 0 spiro atoms. The Balaban J connectivity index is 1.66.